The first-order valence-corrected chi connectivity index (χ1v) is 5.45. The molecule has 5 nitrogen and oxygen atoms in total. The first-order chi connectivity index (χ1) is 7.70. The molecule has 0 saturated carbocycles. The maximum absolute atomic E-state index is 10.5. The number of non-ortho nitro benzene ring substituents is 1. The zero-order valence-corrected chi connectivity index (χ0v) is 10.7. The molecule has 0 bridgehead atoms. The summed E-state index contributed by atoms with van der Waals surface area (Å²) in [4.78, 5) is 9.94. The molecule has 0 aromatic heterocycles. The Balaban J connectivity index is 2.98. The van der Waals surface area contributed by atoms with Crippen molar-refractivity contribution in [3.8, 4) is 5.75 Å². The van der Waals surface area contributed by atoms with Crippen molar-refractivity contribution in [2.45, 2.75) is 19.4 Å². The lowest BCUT2D eigenvalue weighted by molar-refractivity contribution is -0.384. The minimum absolute atomic E-state index is 0.0236. The summed E-state index contributed by atoms with van der Waals surface area (Å²) < 4.78 is 5.23. The Morgan fingerprint density at radius 2 is 1.88 bits per heavy atom. The van der Waals surface area contributed by atoms with Gasteiger partial charge in [0.25, 0.3) is 5.69 Å². The Hall–Kier alpha value is -1.04. The zero-order chi connectivity index (χ0) is 13.2. The molecule has 1 aromatic carbocycles. The first kappa shape index (κ1) is 14.0. The number of nitrogens with zero attached hydrogens (tertiary/aromatic N) is 1. The van der Waals surface area contributed by atoms with Gasteiger partial charge in [-0.3, -0.25) is 10.1 Å². The lowest BCUT2D eigenvalue weighted by Crippen LogP contribution is -2.28. The fourth-order valence-corrected chi connectivity index (χ4v) is 1.62. The average molecular weight is 280 g/mol. The maximum atomic E-state index is 10.5. The molecular formula is C10H11Cl2NO4. The molecule has 1 N–H and O–H groups in total. The van der Waals surface area contributed by atoms with E-state index < -0.39 is 10.5 Å². The van der Waals surface area contributed by atoms with E-state index in [9.17, 15) is 15.2 Å². The van der Waals surface area contributed by atoms with Crippen molar-refractivity contribution in [1.82, 2.24) is 0 Å². The van der Waals surface area contributed by atoms with Gasteiger partial charge in [0.15, 0.2) is 5.75 Å². The van der Waals surface area contributed by atoms with E-state index in [1.54, 1.807) is 13.8 Å². The van der Waals surface area contributed by atoms with E-state index in [-0.39, 0.29) is 28.1 Å². The molecule has 0 spiro atoms. The number of hydrogen-bond donors (Lipinski definition) is 1. The molecule has 7 heteroatoms. The molecule has 94 valence electrons. The van der Waals surface area contributed by atoms with Gasteiger partial charge in [-0.2, -0.15) is 0 Å². The second kappa shape index (κ2) is 5.08. The van der Waals surface area contributed by atoms with Crippen LogP contribution < -0.4 is 4.74 Å². The number of nitro groups is 1. The van der Waals surface area contributed by atoms with Crippen molar-refractivity contribution in [2.75, 3.05) is 6.61 Å². The van der Waals surface area contributed by atoms with Crippen LogP contribution in [0.25, 0.3) is 0 Å². The molecule has 1 aromatic rings. The average Bonchev–Trinajstić information content (AvgIpc) is 2.14. The van der Waals surface area contributed by atoms with Crippen LogP contribution in [0.1, 0.15) is 13.8 Å². The van der Waals surface area contributed by atoms with Gasteiger partial charge in [-0.25, -0.2) is 0 Å². The van der Waals surface area contributed by atoms with Crippen LogP contribution in [0.3, 0.4) is 0 Å². The molecule has 0 aliphatic heterocycles. The van der Waals surface area contributed by atoms with Crippen LogP contribution >= 0.6 is 23.2 Å². The predicted octanol–water partition coefficient (Wildman–Crippen LogP) is 3.05. The van der Waals surface area contributed by atoms with Crippen LogP contribution in [0.5, 0.6) is 5.75 Å². The zero-order valence-electron chi connectivity index (χ0n) is 9.24. The lowest BCUT2D eigenvalue weighted by atomic mass is 10.2. The van der Waals surface area contributed by atoms with Gasteiger partial charge >= 0.3 is 0 Å². The largest absolute Gasteiger partial charge is 0.487 e. The van der Waals surface area contributed by atoms with E-state index in [0.717, 1.165) is 12.1 Å². The highest BCUT2D eigenvalue weighted by Gasteiger charge is 2.19. The first-order valence-electron chi connectivity index (χ1n) is 4.69. The third-order valence-electron chi connectivity index (χ3n) is 1.76. The molecule has 0 radical (unpaired) electrons. The van der Waals surface area contributed by atoms with Crippen LogP contribution in [0.4, 0.5) is 5.69 Å². The van der Waals surface area contributed by atoms with Crippen LogP contribution in [0, 0.1) is 10.1 Å². The van der Waals surface area contributed by atoms with Gasteiger partial charge in [-0.1, -0.05) is 23.2 Å². The summed E-state index contributed by atoms with van der Waals surface area (Å²) in [5, 5.41) is 20.1. The Kier molecular flexibility index (Phi) is 4.19. The monoisotopic (exact) mass is 279 g/mol. The summed E-state index contributed by atoms with van der Waals surface area (Å²) in [6.45, 7) is 3.09. The second-order valence-electron chi connectivity index (χ2n) is 4.10. The van der Waals surface area contributed by atoms with Gasteiger partial charge in [0.1, 0.15) is 6.61 Å². The minimum Gasteiger partial charge on any atom is -0.487 e. The summed E-state index contributed by atoms with van der Waals surface area (Å²) in [6, 6.07) is 2.29. The normalized spacial score (nSPS) is 11.4. The Morgan fingerprint density at radius 1 is 1.41 bits per heavy atom. The highest BCUT2D eigenvalue weighted by atomic mass is 35.5. The standard InChI is InChI=1S/C10H11Cl2NO4/c1-10(2,14)5-17-9-7(11)3-6(13(15)16)4-8(9)12/h3-4,14H,5H2,1-2H3. The highest BCUT2D eigenvalue weighted by Crippen LogP contribution is 2.37. The summed E-state index contributed by atoms with van der Waals surface area (Å²) >= 11 is 11.6. The van der Waals surface area contributed by atoms with E-state index in [1.807, 2.05) is 0 Å². The second-order valence-corrected chi connectivity index (χ2v) is 4.91. The summed E-state index contributed by atoms with van der Waals surface area (Å²) in [6.07, 6.45) is 0. The summed E-state index contributed by atoms with van der Waals surface area (Å²) in [5.74, 6) is 0.126. The van der Waals surface area contributed by atoms with Crippen LogP contribution in [-0.2, 0) is 0 Å². The summed E-state index contributed by atoms with van der Waals surface area (Å²) in [5.41, 5.74) is -1.26. The van der Waals surface area contributed by atoms with Gasteiger partial charge in [-0.05, 0) is 13.8 Å². The number of aliphatic hydroxyl groups is 1. The third kappa shape index (κ3) is 4.03. The number of rotatable bonds is 4. The molecule has 0 heterocycles. The number of nitro benzene ring substituents is 1. The smallest absolute Gasteiger partial charge is 0.272 e. The van der Waals surface area contributed by atoms with Crippen molar-refractivity contribution < 1.29 is 14.8 Å². The molecule has 0 saturated heterocycles. The van der Waals surface area contributed by atoms with Gasteiger partial charge in [0.05, 0.1) is 20.6 Å². The molecule has 17 heavy (non-hydrogen) atoms. The van der Waals surface area contributed by atoms with Crippen molar-refractivity contribution >= 4 is 28.9 Å². The molecular weight excluding hydrogens is 269 g/mol. The molecule has 0 unspecified atom stereocenters. The Morgan fingerprint density at radius 3 is 2.24 bits per heavy atom. The highest BCUT2D eigenvalue weighted by molar-refractivity contribution is 6.37. The minimum atomic E-state index is -1.05. The van der Waals surface area contributed by atoms with Gasteiger partial charge in [0.2, 0.25) is 0 Å². The third-order valence-corrected chi connectivity index (χ3v) is 2.33. The Bertz CT molecular complexity index is 419. The fraction of sp³-hybridized carbons (Fsp3) is 0.400. The van der Waals surface area contributed by atoms with Gasteiger partial charge in [-0.15, -0.1) is 0 Å². The molecule has 0 fully saturated rings. The van der Waals surface area contributed by atoms with Crippen molar-refractivity contribution in [2.24, 2.45) is 0 Å². The fourth-order valence-electron chi connectivity index (χ4n) is 1.04. The van der Waals surface area contributed by atoms with E-state index in [0.29, 0.717) is 0 Å². The number of ether oxygens (including phenoxy) is 1. The quantitative estimate of drug-likeness (QED) is 0.679. The molecule has 0 aliphatic rings. The number of benzene rings is 1. The van der Waals surface area contributed by atoms with E-state index >= 15 is 0 Å². The molecule has 0 atom stereocenters. The molecule has 0 amide bonds. The lowest BCUT2D eigenvalue weighted by Gasteiger charge is -2.18. The number of hydrogen-bond acceptors (Lipinski definition) is 4. The Labute approximate surface area is 108 Å². The van der Waals surface area contributed by atoms with Gasteiger partial charge < -0.3 is 9.84 Å². The molecule has 1 rings (SSSR count). The van der Waals surface area contributed by atoms with Crippen molar-refractivity contribution in [1.29, 1.82) is 0 Å². The number of halogens is 2. The van der Waals surface area contributed by atoms with E-state index in [1.165, 1.54) is 0 Å². The van der Waals surface area contributed by atoms with E-state index in [4.69, 9.17) is 27.9 Å². The van der Waals surface area contributed by atoms with Crippen LogP contribution in [0.15, 0.2) is 12.1 Å². The molecule has 0 aliphatic carbocycles. The summed E-state index contributed by atoms with van der Waals surface area (Å²) in [7, 11) is 0. The van der Waals surface area contributed by atoms with Crippen LogP contribution in [-0.4, -0.2) is 22.2 Å². The maximum Gasteiger partial charge on any atom is 0.272 e. The predicted molar refractivity (Wildman–Crippen MR) is 64.9 cm³/mol. The van der Waals surface area contributed by atoms with Crippen molar-refractivity contribution in [3.05, 3.63) is 32.3 Å². The van der Waals surface area contributed by atoms with Crippen LogP contribution in [0.2, 0.25) is 10.0 Å². The topological polar surface area (TPSA) is 72.6 Å². The SMILES string of the molecule is CC(C)(O)COc1c(Cl)cc([N+](=O)[O-])cc1Cl. The van der Waals surface area contributed by atoms with Gasteiger partial charge in [0, 0.05) is 12.1 Å². The van der Waals surface area contributed by atoms with E-state index in [2.05, 4.69) is 0 Å². The van der Waals surface area contributed by atoms with Crippen molar-refractivity contribution in [3.63, 3.8) is 0 Å².